The highest BCUT2D eigenvalue weighted by Gasteiger charge is 2.13. The second-order valence-electron chi connectivity index (χ2n) is 9.19. The van der Waals surface area contributed by atoms with Crippen molar-refractivity contribution in [1.82, 2.24) is 15.0 Å². The van der Waals surface area contributed by atoms with Gasteiger partial charge in [-0.3, -0.25) is 0 Å². The summed E-state index contributed by atoms with van der Waals surface area (Å²) in [5, 5.41) is 3.12. The summed E-state index contributed by atoms with van der Waals surface area (Å²) in [6, 6.07) is 30.2. The molecule has 3 heterocycles. The first-order valence-electron chi connectivity index (χ1n) is 12.5. The number of nitrogens with zero attached hydrogens (tertiary/aromatic N) is 3. The van der Waals surface area contributed by atoms with Crippen LogP contribution in [0.15, 0.2) is 84.9 Å². The maximum Gasteiger partial charge on any atom is 0.124 e. The standard InChI is InChI=1S/C31H23N3S3/c1-2-3-6-19-9-11-20(12-10-19)29-33-24-18-22(14-15-27(24)36-29)31-34-25-17-21(13-16-28(25)37-31)30-32-23-7-4-5-8-26(23)35-30/h4-5,7-18H,2-3,6H2,1H3. The van der Waals surface area contributed by atoms with Gasteiger partial charge in [-0.25, -0.2) is 15.0 Å². The van der Waals surface area contributed by atoms with E-state index in [1.54, 1.807) is 34.0 Å². The summed E-state index contributed by atoms with van der Waals surface area (Å²) in [5.41, 5.74) is 7.90. The fourth-order valence-electron chi connectivity index (χ4n) is 4.56. The fourth-order valence-corrected chi connectivity index (χ4v) is 7.41. The number of aromatic nitrogens is 3. The van der Waals surface area contributed by atoms with Gasteiger partial charge < -0.3 is 0 Å². The molecule has 0 unspecified atom stereocenters. The molecule has 6 heteroatoms. The van der Waals surface area contributed by atoms with Crippen LogP contribution in [0.2, 0.25) is 0 Å². The summed E-state index contributed by atoms with van der Waals surface area (Å²) in [5.74, 6) is 0. The number of unbranched alkanes of at least 4 members (excludes halogenated alkanes) is 1. The average Bonchev–Trinajstić information content (AvgIpc) is 3.67. The SMILES string of the molecule is CCCCc1ccc(-c2nc3cc(-c4nc5cc(-c6nc7ccccc7s6)ccc5s4)ccc3s2)cc1. The van der Waals surface area contributed by atoms with Crippen molar-refractivity contribution in [2.45, 2.75) is 26.2 Å². The third kappa shape index (κ3) is 4.35. The first-order valence-corrected chi connectivity index (χ1v) is 15.0. The normalized spacial score (nSPS) is 11.7. The number of aryl methyl sites for hydroxylation is 1. The lowest BCUT2D eigenvalue weighted by molar-refractivity contribution is 0.795. The van der Waals surface area contributed by atoms with E-state index in [9.17, 15) is 0 Å². The molecule has 0 N–H and O–H groups in total. The number of rotatable bonds is 6. The van der Waals surface area contributed by atoms with Crippen molar-refractivity contribution in [3.63, 3.8) is 0 Å². The number of thiazole rings is 3. The van der Waals surface area contributed by atoms with Gasteiger partial charge in [-0.2, -0.15) is 0 Å². The maximum absolute atomic E-state index is 5.00. The van der Waals surface area contributed by atoms with Gasteiger partial charge in [-0.05, 0) is 54.8 Å². The topological polar surface area (TPSA) is 38.7 Å². The van der Waals surface area contributed by atoms with Crippen LogP contribution in [0.1, 0.15) is 25.3 Å². The number of hydrogen-bond donors (Lipinski definition) is 0. The molecule has 0 spiro atoms. The van der Waals surface area contributed by atoms with Gasteiger partial charge in [0.25, 0.3) is 0 Å². The Balaban J connectivity index is 1.19. The Bertz CT molecular complexity index is 1840. The second kappa shape index (κ2) is 9.45. The van der Waals surface area contributed by atoms with E-state index in [0.717, 1.165) is 49.1 Å². The molecule has 0 aliphatic rings. The average molecular weight is 534 g/mol. The lowest BCUT2D eigenvalue weighted by atomic mass is 10.1. The van der Waals surface area contributed by atoms with Gasteiger partial charge in [-0.15, -0.1) is 34.0 Å². The number of benzene rings is 4. The monoisotopic (exact) mass is 533 g/mol. The maximum atomic E-state index is 5.00. The van der Waals surface area contributed by atoms with E-state index >= 15 is 0 Å². The van der Waals surface area contributed by atoms with Gasteiger partial charge in [0.1, 0.15) is 15.0 Å². The molecule has 7 aromatic rings. The zero-order valence-corrected chi connectivity index (χ0v) is 22.7. The molecule has 4 aromatic carbocycles. The van der Waals surface area contributed by atoms with E-state index in [4.69, 9.17) is 15.0 Å². The molecule has 0 aliphatic heterocycles. The third-order valence-electron chi connectivity index (χ3n) is 6.58. The number of para-hydroxylation sites is 1. The molecule has 0 bridgehead atoms. The molecule has 37 heavy (non-hydrogen) atoms. The molecule has 7 rings (SSSR count). The Labute approximate surface area is 227 Å². The van der Waals surface area contributed by atoms with Crippen LogP contribution < -0.4 is 0 Å². The highest BCUT2D eigenvalue weighted by atomic mass is 32.1. The van der Waals surface area contributed by atoms with Crippen LogP contribution in [0.25, 0.3) is 62.4 Å². The predicted molar refractivity (Wildman–Crippen MR) is 161 cm³/mol. The number of hydrogen-bond acceptors (Lipinski definition) is 6. The first-order chi connectivity index (χ1) is 18.2. The van der Waals surface area contributed by atoms with E-state index < -0.39 is 0 Å². The van der Waals surface area contributed by atoms with Gasteiger partial charge in [0.15, 0.2) is 0 Å². The van der Waals surface area contributed by atoms with Gasteiger partial charge in [0, 0.05) is 16.7 Å². The third-order valence-corrected chi connectivity index (χ3v) is 9.84. The summed E-state index contributed by atoms with van der Waals surface area (Å²) < 4.78 is 3.59. The van der Waals surface area contributed by atoms with Crippen molar-refractivity contribution in [2.24, 2.45) is 0 Å². The Morgan fingerprint density at radius 2 is 1.05 bits per heavy atom. The highest BCUT2D eigenvalue weighted by molar-refractivity contribution is 7.22. The van der Waals surface area contributed by atoms with Crippen LogP contribution in [0.3, 0.4) is 0 Å². The van der Waals surface area contributed by atoms with E-state index in [0.29, 0.717) is 0 Å². The highest BCUT2D eigenvalue weighted by Crippen LogP contribution is 2.37. The van der Waals surface area contributed by atoms with Gasteiger partial charge in [-0.1, -0.05) is 61.9 Å². The molecule has 3 aromatic heterocycles. The van der Waals surface area contributed by atoms with Crippen molar-refractivity contribution in [3.8, 4) is 31.7 Å². The Kier molecular flexibility index (Phi) is 5.80. The minimum atomic E-state index is 1.01. The van der Waals surface area contributed by atoms with Crippen molar-refractivity contribution in [3.05, 3.63) is 90.5 Å². The smallest absolute Gasteiger partial charge is 0.124 e. The quantitative estimate of drug-likeness (QED) is 0.213. The molecule has 0 atom stereocenters. The lowest BCUT2D eigenvalue weighted by Crippen LogP contribution is -1.84. The van der Waals surface area contributed by atoms with Crippen molar-refractivity contribution in [2.75, 3.05) is 0 Å². The van der Waals surface area contributed by atoms with E-state index in [1.165, 1.54) is 38.1 Å². The van der Waals surface area contributed by atoms with Gasteiger partial charge >= 0.3 is 0 Å². The van der Waals surface area contributed by atoms with Crippen molar-refractivity contribution >= 4 is 64.7 Å². The molecular formula is C31H23N3S3. The minimum absolute atomic E-state index is 1.01. The molecular weight excluding hydrogens is 511 g/mol. The Morgan fingerprint density at radius 1 is 0.541 bits per heavy atom. The van der Waals surface area contributed by atoms with Crippen LogP contribution in [0.5, 0.6) is 0 Å². The minimum Gasteiger partial charge on any atom is -0.236 e. The zero-order valence-electron chi connectivity index (χ0n) is 20.3. The molecule has 180 valence electrons. The molecule has 3 nitrogen and oxygen atoms in total. The van der Waals surface area contributed by atoms with Gasteiger partial charge in [0.2, 0.25) is 0 Å². The largest absolute Gasteiger partial charge is 0.236 e. The summed E-state index contributed by atoms with van der Waals surface area (Å²) in [4.78, 5) is 14.8. The summed E-state index contributed by atoms with van der Waals surface area (Å²) >= 11 is 5.20. The number of fused-ring (bicyclic) bond motifs is 3. The Hall–Kier alpha value is -3.45. The van der Waals surface area contributed by atoms with Crippen LogP contribution in [-0.4, -0.2) is 15.0 Å². The first kappa shape index (κ1) is 22.7. The van der Waals surface area contributed by atoms with Crippen molar-refractivity contribution in [1.29, 1.82) is 0 Å². The summed E-state index contributed by atoms with van der Waals surface area (Å²) in [7, 11) is 0. The second-order valence-corrected chi connectivity index (χ2v) is 12.3. The lowest BCUT2D eigenvalue weighted by Gasteiger charge is -2.01. The Morgan fingerprint density at radius 3 is 1.65 bits per heavy atom. The zero-order chi connectivity index (χ0) is 24.8. The molecule has 0 aliphatic carbocycles. The van der Waals surface area contributed by atoms with Gasteiger partial charge in [0.05, 0.1) is 30.6 Å². The van der Waals surface area contributed by atoms with Crippen LogP contribution in [-0.2, 0) is 6.42 Å². The van der Waals surface area contributed by atoms with E-state index in [1.807, 2.05) is 6.07 Å². The summed E-state index contributed by atoms with van der Waals surface area (Å²) in [6.45, 7) is 2.24. The van der Waals surface area contributed by atoms with Crippen LogP contribution in [0, 0.1) is 0 Å². The molecule has 0 saturated heterocycles. The van der Waals surface area contributed by atoms with Crippen LogP contribution in [0.4, 0.5) is 0 Å². The molecule has 0 radical (unpaired) electrons. The summed E-state index contributed by atoms with van der Waals surface area (Å²) in [6.07, 6.45) is 3.60. The predicted octanol–water partition coefficient (Wildman–Crippen LogP) is 9.86. The fraction of sp³-hybridized carbons (Fsp3) is 0.129. The van der Waals surface area contributed by atoms with Crippen molar-refractivity contribution < 1.29 is 0 Å². The van der Waals surface area contributed by atoms with Crippen LogP contribution >= 0.6 is 34.0 Å². The molecule has 0 amide bonds. The van der Waals surface area contributed by atoms with E-state index in [2.05, 4.69) is 85.8 Å². The van der Waals surface area contributed by atoms with E-state index in [-0.39, 0.29) is 0 Å². The molecule has 0 fully saturated rings. The molecule has 0 saturated carbocycles.